The Labute approximate surface area is 168 Å². The predicted molar refractivity (Wildman–Crippen MR) is 110 cm³/mol. The largest absolute Gasteiger partial charge is 0.495 e. The van der Waals surface area contributed by atoms with Gasteiger partial charge in [-0.3, -0.25) is 9.59 Å². The lowest BCUT2D eigenvalue weighted by atomic mass is 10.1. The van der Waals surface area contributed by atoms with Gasteiger partial charge in [-0.2, -0.15) is 0 Å². The van der Waals surface area contributed by atoms with E-state index >= 15 is 0 Å². The number of hydrogen-bond donors (Lipinski definition) is 2. The second kappa shape index (κ2) is 9.06. The fourth-order valence-electron chi connectivity index (χ4n) is 2.71. The average Bonchev–Trinajstić information content (AvgIpc) is 2.73. The van der Waals surface area contributed by atoms with Crippen molar-refractivity contribution >= 4 is 29.1 Å². The summed E-state index contributed by atoms with van der Waals surface area (Å²) in [6, 6.07) is 21.9. The molecule has 2 N–H and O–H groups in total. The summed E-state index contributed by atoms with van der Waals surface area (Å²) in [4.78, 5) is 25.5. The van der Waals surface area contributed by atoms with E-state index < -0.39 is 6.04 Å². The maximum absolute atomic E-state index is 12.9. The molecular formula is C22H19ClN2O3. The van der Waals surface area contributed by atoms with Crippen LogP contribution < -0.4 is 15.4 Å². The van der Waals surface area contributed by atoms with Gasteiger partial charge in [-0.1, -0.05) is 60.1 Å². The lowest BCUT2D eigenvalue weighted by Crippen LogP contribution is -2.37. The number of amides is 2. The highest BCUT2D eigenvalue weighted by atomic mass is 35.5. The molecule has 2 amide bonds. The smallest absolute Gasteiger partial charge is 0.252 e. The van der Waals surface area contributed by atoms with Crippen molar-refractivity contribution in [2.75, 3.05) is 12.4 Å². The van der Waals surface area contributed by atoms with E-state index in [-0.39, 0.29) is 11.8 Å². The van der Waals surface area contributed by atoms with Crippen molar-refractivity contribution in [3.63, 3.8) is 0 Å². The van der Waals surface area contributed by atoms with Crippen LogP contribution in [0, 0.1) is 0 Å². The van der Waals surface area contributed by atoms with E-state index in [1.54, 1.807) is 54.6 Å². The van der Waals surface area contributed by atoms with Gasteiger partial charge >= 0.3 is 0 Å². The van der Waals surface area contributed by atoms with E-state index in [1.165, 1.54) is 7.11 Å². The zero-order valence-electron chi connectivity index (χ0n) is 15.2. The molecular weight excluding hydrogens is 376 g/mol. The van der Waals surface area contributed by atoms with E-state index in [4.69, 9.17) is 16.3 Å². The molecule has 0 aliphatic rings. The van der Waals surface area contributed by atoms with Crippen LogP contribution in [0.2, 0.25) is 5.02 Å². The molecule has 1 unspecified atom stereocenters. The van der Waals surface area contributed by atoms with Crippen LogP contribution in [0.5, 0.6) is 5.75 Å². The molecule has 3 aromatic carbocycles. The molecule has 3 rings (SSSR count). The molecule has 0 aliphatic heterocycles. The summed E-state index contributed by atoms with van der Waals surface area (Å²) in [7, 11) is 1.52. The number of benzene rings is 3. The van der Waals surface area contributed by atoms with E-state index in [9.17, 15) is 9.59 Å². The number of hydrogen-bond acceptors (Lipinski definition) is 3. The average molecular weight is 395 g/mol. The second-order valence-electron chi connectivity index (χ2n) is 6.02. The maximum Gasteiger partial charge on any atom is 0.252 e. The normalized spacial score (nSPS) is 11.4. The van der Waals surface area contributed by atoms with Gasteiger partial charge in [-0.05, 0) is 35.9 Å². The number of anilines is 1. The predicted octanol–water partition coefficient (Wildman–Crippen LogP) is 4.46. The third-order valence-corrected chi connectivity index (χ3v) is 4.42. The zero-order valence-corrected chi connectivity index (χ0v) is 15.9. The SMILES string of the molecule is COc1ccc(NC(=O)C(NC(=O)c2ccccc2)c2ccccc2)cc1Cl. The molecule has 0 radical (unpaired) electrons. The molecule has 0 bridgehead atoms. The van der Waals surface area contributed by atoms with Crippen LogP contribution >= 0.6 is 11.6 Å². The minimum atomic E-state index is -0.866. The van der Waals surface area contributed by atoms with Crippen LogP contribution in [0.4, 0.5) is 5.69 Å². The number of halogens is 1. The van der Waals surface area contributed by atoms with Crippen molar-refractivity contribution in [3.05, 3.63) is 95.0 Å². The van der Waals surface area contributed by atoms with Crippen molar-refractivity contribution < 1.29 is 14.3 Å². The molecule has 0 heterocycles. The molecule has 0 aliphatic carbocycles. The molecule has 1 atom stereocenters. The van der Waals surface area contributed by atoms with Crippen LogP contribution in [0.1, 0.15) is 22.0 Å². The summed E-state index contributed by atoms with van der Waals surface area (Å²) in [5.74, 6) is -0.203. The summed E-state index contributed by atoms with van der Waals surface area (Å²) in [6.45, 7) is 0. The number of ether oxygens (including phenoxy) is 1. The van der Waals surface area contributed by atoms with Gasteiger partial charge in [0.15, 0.2) is 0 Å². The summed E-state index contributed by atoms with van der Waals surface area (Å²) in [6.07, 6.45) is 0. The minimum Gasteiger partial charge on any atom is -0.495 e. The Bertz CT molecular complexity index is 962. The molecule has 0 fully saturated rings. The molecule has 0 saturated carbocycles. The number of rotatable bonds is 6. The topological polar surface area (TPSA) is 67.4 Å². The van der Waals surface area contributed by atoms with Gasteiger partial charge in [-0.15, -0.1) is 0 Å². The fraction of sp³-hybridized carbons (Fsp3) is 0.0909. The summed E-state index contributed by atoms with van der Waals surface area (Å²) in [5.41, 5.74) is 1.65. The van der Waals surface area contributed by atoms with Gasteiger partial charge in [0.2, 0.25) is 0 Å². The molecule has 0 spiro atoms. The van der Waals surface area contributed by atoms with Gasteiger partial charge < -0.3 is 15.4 Å². The van der Waals surface area contributed by atoms with Crippen LogP contribution in [0.25, 0.3) is 0 Å². The first-order valence-electron chi connectivity index (χ1n) is 8.64. The first kappa shape index (κ1) is 19.5. The van der Waals surface area contributed by atoms with E-state index in [0.29, 0.717) is 27.6 Å². The second-order valence-corrected chi connectivity index (χ2v) is 6.43. The third-order valence-electron chi connectivity index (χ3n) is 4.13. The van der Waals surface area contributed by atoms with Gasteiger partial charge in [0.05, 0.1) is 12.1 Å². The quantitative estimate of drug-likeness (QED) is 0.648. The highest BCUT2D eigenvalue weighted by Crippen LogP contribution is 2.28. The third kappa shape index (κ3) is 4.69. The zero-order chi connectivity index (χ0) is 19.9. The highest BCUT2D eigenvalue weighted by molar-refractivity contribution is 6.32. The summed E-state index contributed by atoms with van der Waals surface area (Å²) >= 11 is 6.13. The Kier molecular flexibility index (Phi) is 6.29. The standard InChI is InChI=1S/C22H19ClN2O3/c1-28-19-13-12-17(14-18(19)23)24-22(27)20(15-8-4-2-5-9-15)25-21(26)16-10-6-3-7-11-16/h2-14,20H,1H3,(H,24,27)(H,25,26). The van der Waals surface area contributed by atoms with Crippen LogP contribution in [-0.4, -0.2) is 18.9 Å². The summed E-state index contributed by atoms with van der Waals surface area (Å²) < 4.78 is 5.12. The summed E-state index contributed by atoms with van der Waals surface area (Å²) in [5, 5.41) is 5.97. The Morgan fingerprint density at radius 2 is 1.57 bits per heavy atom. The van der Waals surface area contributed by atoms with Gasteiger partial charge in [0, 0.05) is 11.3 Å². The van der Waals surface area contributed by atoms with Crippen molar-refractivity contribution in [1.82, 2.24) is 5.32 Å². The van der Waals surface area contributed by atoms with Gasteiger partial charge in [-0.25, -0.2) is 0 Å². The molecule has 5 nitrogen and oxygen atoms in total. The highest BCUT2D eigenvalue weighted by Gasteiger charge is 2.23. The first-order chi connectivity index (χ1) is 13.6. The number of nitrogens with one attached hydrogen (secondary N) is 2. The monoisotopic (exact) mass is 394 g/mol. The Morgan fingerprint density at radius 3 is 2.18 bits per heavy atom. The number of carbonyl (C=O) groups excluding carboxylic acids is 2. The minimum absolute atomic E-state index is 0.336. The molecule has 142 valence electrons. The number of methoxy groups -OCH3 is 1. The van der Waals surface area contributed by atoms with E-state index in [2.05, 4.69) is 10.6 Å². The van der Waals surface area contributed by atoms with Gasteiger partial charge in [0.1, 0.15) is 11.8 Å². The van der Waals surface area contributed by atoms with Crippen LogP contribution in [0.3, 0.4) is 0 Å². The Balaban J connectivity index is 1.83. The first-order valence-corrected chi connectivity index (χ1v) is 9.01. The molecule has 0 saturated heterocycles. The van der Waals surface area contributed by atoms with Crippen LogP contribution in [0.15, 0.2) is 78.9 Å². The van der Waals surface area contributed by atoms with Gasteiger partial charge in [0.25, 0.3) is 11.8 Å². The van der Waals surface area contributed by atoms with Crippen LogP contribution in [-0.2, 0) is 4.79 Å². The Morgan fingerprint density at radius 1 is 0.929 bits per heavy atom. The Hall–Kier alpha value is -3.31. The number of carbonyl (C=O) groups is 2. The molecule has 0 aromatic heterocycles. The lowest BCUT2D eigenvalue weighted by molar-refractivity contribution is -0.118. The fourth-order valence-corrected chi connectivity index (χ4v) is 2.97. The van der Waals surface area contributed by atoms with E-state index in [0.717, 1.165) is 0 Å². The molecule has 6 heteroatoms. The maximum atomic E-state index is 12.9. The van der Waals surface area contributed by atoms with Crippen molar-refractivity contribution in [2.45, 2.75) is 6.04 Å². The lowest BCUT2D eigenvalue weighted by Gasteiger charge is -2.19. The molecule has 3 aromatic rings. The molecule has 28 heavy (non-hydrogen) atoms. The van der Waals surface area contributed by atoms with Crippen molar-refractivity contribution in [3.8, 4) is 5.75 Å². The van der Waals surface area contributed by atoms with E-state index in [1.807, 2.05) is 24.3 Å². The van der Waals surface area contributed by atoms with Crippen molar-refractivity contribution in [1.29, 1.82) is 0 Å². The van der Waals surface area contributed by atoms with Crippen molar-refractivity contribution in [2.24, 2.45) is 0 Å².